The van der Waals surface area contributed by atoms with Crippen molar-refractivity contribution in [2.24, 2.45) is 0 Å². The number of hydrogen-bond donors (Lipinski definition) is 0. The molecule has 1 fully saturated rings. The number of piperidine rings is 1. The molecule has 0 atom stereocenters. The molecule has 0 unspecified atom stereocenters. The lowest BCUT2D eigenvalue weighted by molar-refractivity contribution is -0.384. The normalized spacial score (nSPS) is 16.4. The minimum Gasteiger partial charge on any atom is -0.378 e. The summed E-state index contributed by atoms with van der Waals surface area (Å²) >= 11 is 6.23. The molecule has 1 heterocycles. The lowest BCUT2D eigenvalue weighted by Crippen LogP contribution is -2.37. The van der Waals surface area contributed by atoms with Gasteiger partial charge in [-0.05, 0) is 32.3 Å². The molecular weight excluding hydrogens is 280 g/mol. The van der Waals surface area contributed by atoms with Gasteiger partial charge in [0.15, 0.2) is 0 Å². The smallest absolute Gasteiger partial charge is 0.271 e. The standard InChI is InChI=1S/C14H19ClN2O3/c1-3-20-12-4-6-16(7-5-12)14-10(2)8-11(17(18)19)9-13(14)15/h8-9,12H,3-7H2,1-2H3. The predicted molar refractivity (Wildman–Crippen MR) is 79.7 cm³/mol. The van der Waals surface area contributed by atoms with E-state index in [-0.39, 0.29) is 5.69 Å². The Hall–Kier alpha value is -1.33. The van der Waals surface area contributed by atoms with E-state index < -0.39 is 4.92 Å². The zero-order valence-electron chi connectivity index (χ0n) is 11.8. The van der Waals surface area contributed by atoms with Crippen LogP contribution < -0.4 is 4.90 Å². The topological polar surface area (TPSA) is 55.6 Å². The van der Waals surface area contributed by atoms with E-state index in [1.54, 1.807) is 6.07 Å². The summed E-state index contributed by atoms with van der Waals surface area (Å²) in [6.07, 6.45) is 2.23. The lowest BCUT2D eigenvalue weighted by Gasteiger charge is -2.34. The molecule has 1 aliphatic rings. The molecular formula is C14H19ClN2O3. The van der Waals surface area contributed by atoms with Gasteiger partial charge in [-0.3, -0.25) is 10.1 Å². The van der Waals surface area contributed by atoms with E-state index in [2.05, 4.69) is 4.90 Å². The van der Waals surface area contributed by atoms with Crippen molar-refractivity contribution in [3.05, 3.63) is 32.8 Å². The van der Waals surface area contributed by atoms with Gasteiger partial charge in [-0.25, -0.2) is 0 Å². The summed E-state index contributed by atoms with van der Waals surface area (Å²) in [5.41, 5.74) is 1.80. The summed E-state index contributed by atoms with van der Waals surface area (Å²) in [5.74, 6) is 0. The van der Waals surface area contributed by atoms with E-state index >= 15 is 0 Å². The number of ether oxygens (including phenoxy) is 1. The highest BCUT2D eigenvalue weighted by molar-refractivity contribution is 6.33. The molecule has 0 saturated carbocycles. The minimum atomic E-state index is -0.413. The molecule has 6 heteroatoms. The Morgan fingerprint density at radius 1 is 1.45 bits per heavy atom. The van der Waals surface area contributed by atoms with Crippen LogP contribution in [0.3, 0.4) is 0 Å². The summed E-state index contributed by atoms with van der Waals surface area (Å²) in [7, 11) is 0. The Morgan fingerprint density at radius 2 is 2.10 bits per heavy atom. The highest BCUT2D eigenvalue weighted by Gasteiger charge is 2.23. The molecule has 0 spiro atoms. The minimum absolute atomic E-state index is 0.0421. The molecule has 1 aromatic carbocycles. The fourth-order valence-corrected chi connectivity index (χ4v) is 3.09. The number of rotatable bonds is 4. The van der Waals surface area contributed by atoms with E-state index in [1.165, 1.54) is 6.07 Å². The second-order valence-corrected chi connectivity index (χ2v) is 5.40. The summed E-state index contributed by atoms with van der Waals surface area (Å²) in [5, 5.41) is 11.3. The van der Waals surface area contributed by atoms with E-state index in [4.69, 9.17) is 16.3 Å². The third-order valence-electron chi connectivity index (χ3n) is 3.61. The Kier molecular flexibility index (Phi) is 4.83. The molecule has 0 aliphatic carbocycles. The number of nitro benzene ring substituents is 1. The summed E-state index contributed by atoms with van der Waals surface area (Å²) in [6, 6.07) is 3.01. The SMILES string of the molecule is CCOC1CCN(c2c(C)cc([N+](=O)[O-])cc2Cl)CC1. The number of nitro groups is 1. The van der Waals surface area contributed by atoms with Gasteiger partial charge < -0.3 is 9.64 Å². The maximum atomic E-state index is 10.8. The second-order valence-electron chi connectivity index (χ2n) is 4.99. The zero-order chi connectivity index (χ0) is 14.7. The van der Waals surface area contributed by atoms with Gasteiger partial charge in [0.25, 0.3) is 5.69 Å². The van der Waals surface area contributed by atoms with Crippen LogP contribution in [0.1, 0.15) is 25.3 Å². The van der Waals surface area contributed by atoms with Crippen LogP contribution in [0, 0.1) is 17.0 Å². The fourth-order valence-electron chi connectivity index (χ4n) is 2.71. The van der Waals surface area contributed by atoms with E-state index in [9.17, 15) is 10.1 Å². The highest BCUT2D eigenvalue weighted by Crippen LogP contribution is 2.35. The first-order valence-corrected chi connectivity index (χ1v) is 7.21. The van der Waals surface area contributed by atoms with Crippen molar-refractivity contribution in [2.45, 2.75) is 32.8 Å². The molecule has 1 aromatic rings. The summed E-state index contributed by atoms with van der Waals surface area (Å²) < 4.78 is 5.63. The quantitative estimate of drug-likeness (QED) is 0.630. The van der Waals surface area contributed by atoms with Crippen molar-refractivity contribution in [1.29, 1.82) is 0 Å². The summed E-state index contributed by atoms with van der Waals surface area (Å²) in [4.78, 5) is 12.6. The Balaban J connectivity index is 2.16. The van der Waals surface area contributed by atoms with Crippen LogP contribution in [0.25, 0.3) is 0 Å². The predicted octanol–water partition coefficient (Wildman–Crippen LogP) is 3.56. The van der Waals surface area contributed by atoms with Crippen LogP contribution in [-0.2, 0) is 4.74 Å². The molecule has 0 aromatic heterocycles. The van der Waals surface area contributed by atoms with Gasteiger partial charge in [-0.1, -0.05) is 11.6 Å². The Labute approximate surface area is 123 Å². The number of halogens is 1. The number of benzene rings is 1. The third-order valence-corrected chi connectivity index (χ3v) is 3.90. The van der Waals surface area contributed by atoms with Crippen molar-refractivity contribution in [1.82, 2.24) is 0 Å². The van der Waals surface area contributed by atoms with Crippen molar-refractivity contribution < 1.29 is 9.66 Å². The number of aryl methyl sites for hydroxylation is 1. The van der Waals surface area contributed by atoms with Gasteiger partial charge in [0, 0.05) is 31.8 Å². The van der Waals surface area contributed by atoms with Gasteiger partial charge in [0.2, 0.25) is 0 Å². The molecule has 1 aliphatic heterocycles. The molecule has 110 valence electrons. The molecule has 0 N–H and O–H groups in total. The second kappa shape index (κ2) is 6.41. The van der Waals surface area contributed by atoms with Gasteiger partial charge in [-0.2, -0.15) is 0 Å². The Morgan fingerprint density at radius 3 is 2.60 bits per heavy atom. The molecule has 5 nitrogen and oxygen atoms in total. The van der Waals surface area contributed by atoms with Crippen LogP contribution in [0.4, 0.5) is 11.4 Å². The first-order chi connectivity index (χ1) is 9.52. The number of non-ortho nitro benzene ring substituents is 1. The fraction of sp³-hybridized carbons (Fsp3) is 0.571. The van der Waals surface area contributed by atoms with Crippen molar-refractivity contribution >= 4 is 23.0 Å². The molecule has 20 heavy (non-hydrogen) atoms. The number of nitrogens with zero attached hydrogens (tertiary/aromatic N) is 2. The highest BCUT2D eigenvalue weighted by atomic mass is 35.5. The van der Waals surface area contributed by atoms with Crippen LogP contribution >= 0.6 is 11.6 Å². The van der Waals surface area contributed by atoms with Gasteiger partial charge in [0.1, 0.15) is 0 Å². The maximum Gasteiger partial charge on any atom is 0.271 e. The average molecular weight is 299 g/mol. The van der Waals surface area contributed by atoms with Gasteiger partial charge in [0.05, 0.1) is 21.7 Å². The number of hydrogen-bond acceptors (Lipinski definition) is 4. The van der Waals surface area contributed by atoms with E-state index in [0.717, 1.165) is 43.8 Å². The van der Waals surface area contributed by atoms with Crippen LogP contribution in [-0.4, -0.2) is 30.7 Å². The van der Waals surface area contributed by atoms with Gasteiger partial charge >= 0.3 is 0 Å². The monoisotopic (exact) mass is 298 g/mol. The average Bonchev–Trinajstić information content (AvgIpc) is 2.40. The van der Waals surface area contributed by atoms with Crippen molar-refractivity contribution in [3.8, 4) is 0 Å². The van der Waals surface area contributed by atoms with E-state index in [1.807, 2.05) is 13.8 Å². The lowest BCUT2D eigenvalue weighted by atomic mass is 10.0. The molecule has 1 saturated heterocycles. The van der Waals surface area contributed by atoms with Crippen LogP contribution in [0.2, 0.25) is 5.02 Å². The zero-order valence-corrected chi connectivity index (χ0v) is 12.5. The number of anilines is 1. The molecule has 0 bridgehead atoms. The molecule has 0 radical (unpaired) electrons. The maximum absolute atomic E-state index is 10.8. The van der Waals surface area contributed by atoms with Crippen LogP contribution in [0.5, 0.6) is 0 Å². The molecule has 2 rings (SSSR count). The summed E-state index contributed by atoms with van der Waals surface area (Å²) in [6.45, 7) is 6.33. The first-order valence-electron chi connectivity index (χ1n) is 6.84. The third kappa shape index (κ3) is 3.22. The Bertz CT molecular complexity index is 476. The van der Waals surface area contributed by atoms with Gasteiger partial charge in [-0.15, -0.1) is 0 Å². The van der Waals surface area contributed by atoms with Crippen LogP contribution in [0.15, 0.2) is 12.1 Å². The molecule has 0 amide bonds. The first kappa shape index (κ1) is 15.1. The van der Waals surface area contributed by atoms with Crippen molar-refractivity contribution in [2.75, 3.05) is 24.6 Å². The largest absolute Gasteiger partial charge is 0.378 e. The van der Waals surface area contributed by atoms with Crippen molar-refractivity contribution in [3.63, 3.8) is 0 Å². The van der Waals surface area contributed by atoms with E-state index in [0.29, 0.717) is 11.1 Å².